The molecule has 9 heteroatoms. The molecular formula is C21H25N3O5S. The van der Waals surface area contributed by atoms with Crippen LogP contribution in [-0.4, -0.2) is 36.1 Å². The van der Waals surface area contributed by atoms with E-state index in [9.17, 15) is 23.3 Å². The summed E-state index contributed by atoms with van der Waals surface area (Å²) < 4.78 is 27.3. The fourth-order valence-electron chi connectivity index (χ4n) is 3.61. The first-order valence-corrected chi connectivity index (χ1v) is 11.3. The molecule has 1 aliphatic rings. The van der Waals surface area contributed by atoms with Crippen molar-refractivity contribution in [3.05, 3.63) is 69.8 Å². The summed E-state index contributed by atoms with van der Waals surface area (Å²) in [5.74, 6) is -0.385. The van der Waals surface area contributed by atoms with Gasteiger partial charge in [0, 0.05) is 30.3 Å². The van der Waals surface area contributed by atoms with E-state index in [-0.39, 0.29) is 22.5 Å². The summed E-state index contributed by atoms with van der Waals surface area (Å²) in [5, 5.41) is 13.7. The first kappa shape index (κ1) is 21.9. The number of hydrogen-bond acceptors (Lipinski definition) is 5. The second-order valence-corrected chi connectivity index (χ2v) is 9.42. The van der Waals surface area contributed by atoms with Crippen LogP contribution in [0.2, 0.25) is 0 Å². The number of carbonyl (C=O) groups is 1. The summed E-state index contributed by atoms with van der Waals surface area (Å²) in [6.07, 6.45) is 2.71. The van der Waals surface area contributed by atoms with Gasteiger partial charge in [-0.05, 0) is 56.5 Å². The van der Waals surface area contributed by atoms with E-state index in [1.165, 1.54) is 40.7 Å². The van der Waals surface area contributed by atoms with Gasteiger partial charge in [-0.3, -0.25) is 14.9 Å². The second-order valence-electron chi connectivity index (χ2n) is 7.53. The van der Waals surface area contributed by atoms with Crippen LogP contribution >= 0.6 is 0 Å². The van der Waals surface area contributed by atoms with Crippen LogP contribution in [0.1, 0.15) is 55.1 Å². The molecule has 30 heavy (non-hydrogen) atoms. The van der Waals surface area contributed by atoms with Crippen molar-refractivity contribution < 1.29 is 18.1 Å². The van der Waals surface area contributed by atoms with E-state index in [2.05, 4.69) is 5.32 Å². The summed E-state index contributed by atoms with van der Waals surface area (Å²) in [7, 11) is -3.59. The minimum absolute atomic E-state index is 0.0393. The van der Waals surface area contributed by atoms with Crippen molar-refractivity contribution >= 4 is 21.6 Å². The van der Waals surface area contributed by atoms with Gasteiger partial charge in [0.25, 0.3) is 11.6 Å². The zero-order valence-corrected chi connectivity index (χ0v) is 17.8. The maximum atomic E-state index is 12.9. The molecule has 0 spiro atoms. The first-order chi connectivity index (χ1) is 14.2. The highest BCUT2D eigenvalue weighted by Crippen LogP contribution is 2.25. The highest BCUT2D eigenvalue weighted by atomic mass is 32.2. The van der Waals surface area contributed by atoms with E-state index in [0.29, 0.717) is 17.7 Å². The molecule has 2 unspecified atom stereocenters. The Labute approximate surface area is 176 Å². The van der Waals surface area contributed by atoms with E-state index in [4.69, 9.17) is 0 Å². The van der Waals surface area contributed by atoms with E-state index < -0.39 is 21.0 Å². The van der Waals surface area contributed by atoms with Crippen LogP contribution in [0.25, 0.3) is 0 Å². The molecule has 1 heterocycles. The van der Waals surface area contributed by atoms with E-state index >= 15 is 0 Å². The number of nitro groups is 1. The molecule has 160 valence electrons. The van der Waals surface area contributed by atoms with Gasteiger partial charge in [-0.1, -0.05) is 18.6 Å². The molecule has 2 atom stereocenters. The standard InChI is InChI=1S/C21H25N3O5S/c1-15-6-3-4-13-23(15)30(28,29)20-11-9-17(10-12-20)21(25)22-16(2)18-7-5-8-19(14-18)24(26)27/h5,7-12,14-16H,3-4,6,13H2,1-2H3,(H,22,25). The molecule has 0 bridgehead atoms. The second kappa shape index (κ2) is 8.93. The number of nitrogens with one attached hydrogen (secondary N) is 1. The quantitative estimate of drug-likeness (QED) is 0.555. The normalized spacial score (nSPS) is 18.5. The summed E-state index contributed by atoms with van der Waals surface area (Å²) in [6, 6.07) is 11.4. The fourth-order valence-corrected chi connectivity index (χ4v) is 5.31. The van der Waals surface area contributed by atoms with E-state index in [0.717, 1.165) is 19.3 Å². The maximum Gasteiger partial charge on any atom is 0.269 e. The molecule has 1 saturated heterocycles. The predicted molar refractivity (Wildman–Crippen MR) is 113 cm³/mol. The molecule has 2 aromatic rings. The lowest BCUT2D eigenvalue weighted by Crippen LogP contribution is -2.41. The number of nitro benzene ring substituents is 1. The van der Waals surface area contributed by atoms with Gasteiger partial charge in [-0.25, -0.2) is 8.42 Å². The van der Waals surface area contributed by atoms with Crippen molar-refractivity contribution in [3.8, 4) is 0 Å². The molecule has 1 aliphatic heterocycles. The Bertz CT molecular complexity index is 1040. The first-order valence-electron chi connectivity index (χ1n) is 9.87. The van der Waals surface area contributed by atoms with Gasteiger partial charge in [0.2, 0.25) is 10.0 Å². The molecule has 1 amide bonds. The lowest BCUT2D eigenvalue weighted by molar-refractivity contribution is -0.384. The van der Waals surface area contributed by atoms with Crippen molar-refractivity contribution in [2.24, 2.45) is 0 Å². The molecule has 0 radical (unpaired) electrons. The highest BCUT2D eigenvalue weighted by molar-refractivity contribution is 7.89. The molecule has 3 rings (SSSR count). The average molecular weight is 432 g/mol. The van der Waals surface area contributed by atoms with Crippen molar-refractivity contribution in [1.29, 1.82) is 0 Å². The summed E-state index contributed by atoms with van der Waals surface area (Å²) in [6.45, 7) is 4.15. The molecule has 0 saturated carbocycles. The molecule has 1 N–H and O–H groups in total. The Hall–Kier alpha value is -2.78. The highest BCUT2D eigenvalue weighted by Gasteiger charge is 2.31. The van der Waals surface area contributed by atoms with Crippen molar-refractivity contribution in [2.75, 3.05) is 6.54 Å². The summed E-state index contributed by atoms with van der Waals surface area (Å²) in [4.78, 5) is 23.2. The van der Waals surface area contributed by atoms with Crippen LogP contribution in [0.4, 0.5) is 5.69 Å². The largest absolute Gasteiger partial charge is 0.346 e. The van der Waals surface area contributed by atoms with Gasteiger partial charge < -0.3 is 5.32 Å². The third-order valence-electron chi connectivity index (χ3n) is 5.39. The molecule has 2 aromatic carbocycles. The number of piperidine rings is 1. The number of sulfonamides is 1. The lowest BCUT2D eigenvalue weighted by atomic mass is 10.1. The zero-order chi connectivity index (χ0) is 21.9. The third-order valence-corrected chi connectivity index (χ3v) is 7.42. The smallest absolute Gasteiger partial charge is 0.269 e. The van der Waals surface area contributed by atoms with Crippen LogP contribution in [0.15, 0.2) is 53.4 Å². The Balaban J connectivity index is 1.72. The number of rotatable bonds is 6. The van der Waals surface area contributed by atoms with Crippen LogP contribution in [0.5, 0.6) is 0 Å². The average Bonchev–Trinajstić information content (AvgIpc) is 2.74. The molecule has 8 nitrogen and oxygen atoms in total. The van der Waals surface area contributed by atoms with Crippen molar-refractivity contribution in [2.45, 2.75) is 50.1 Å². The number of amides is 1. The Morgan fingerprint density at radius 1 is 1.20 bits per heavy atom. The van der Waals surface area contributed by atoms with Crippen LogP contribution in [0, 0.1) is 10.1 Å². The SMILES string of the molecule is CC(NC(=O)c1ccc(S(=O)(=O)N2CCCCC2C)cc1)c1cccc([N+](=O)[O-])c1. The minimum atomic E-state index is -3.59. The molecule has 1 fully saturated rings. The number of non-ortho nitro benzene ring substituents is 1. The van der Waals surface area contributed by atoms with Gasteiger partial charge in [-0.15, -0.1) is 0 Å². The number of benzene rings is 2. The van der Waals surface area contributed by atoms with Gasteiger partial charge in [0.1, 0.15) is 0 Å². The van der Waals surface area contributed by atoms with Gasteiger partial charge in [0.15, 0.2) is 0 Å². The minimum Gasteiger partial charge on any atom is -0.346 e. The van der Waals surface area contributed by atoms with Gasteiger partial charge in [0.05, 0.1) is 15.9 Å². The fraction of sp³-hybridized carbons (Fsp3) is 0.381. The van der Waals surface area contributed by atoms with Gasteiger partial charge in [-0.2, -0.15) is 4.31 Å². The lowest BCUT2D eigenvalue weighted by Gasteiger charge is -2.32. The monoisotopic (exact) mass is 431 g/mol. The van der Waals surface area contributed by atoms with E-state index in [1.807, 2.05) is 6.92 Å². The number of carbonyl (C=O) groups excluding carboxylic acids is 1. The van der Waals surface area contributed by atoms with Crippen LogP contribution in [-0.2, 0) is 10.0 Å². The number of hydrogen-bond donors (Lipinski definition) is 1. The summed E-state index contributed by atoms with van der Waals surface area (Å²) in [5.41, 5.74) is 0.879. The Morgan fingerprint density at radius 3 is 2.53 bits per heavy atom. The van der Waals surface area contributed by atoms with Gasteiger partial charge >= 0.3 is 0 Å². The topological polar surface area (TPSA) is 110 Å². The molecule has 0 aliphatic carbocycles. The Kier molecular flexibility index (Phi) is 6.52. The maximum absolute atomic E-state index is 12.9. The Morgan fingerprint density at radius 2 is 1.90 bits per heavy atom. The zero-order valence-electron chi connectivity index (χ0n) is 16.9. The van der Waals surface area contributed by atoms with Crippen molar-refractivity contribution in [3.63, 3.8) is 0 Å². The molecule has 0 aromatic heterocycles. The van der Waals surface area contributed by atoms with Crippen LogP contribution in [0.3, 0.4) is 0 Å². The number of nitrogens with zero attached hydrogens (tertiary/aromatic N) is 2. The summed E-state index contributed by atoms with van der Waals surface area (Å²) >= 11 is 0. The predicted octanol–water partition coefficient (Wildman–Crippen LogP) is 3.65. The van der Waals surface area contributed by atoms with Crippen LogP contribution < -0.4 is 5.32 Å². The van der Waals surface area contributed by atoms with E-state index in [1.54, 1.807) is 19.1 Å². The van der Waals surface area contributed by atoms with Crippen molar-refractivity contribution in [1.82, 2.24) is 9.62 Å². The molecular weight excluding hydrogens is 406 g/mol. The third kappa shape index (κ3) is 4.68.